The molecule has 3 aromatic carbocycles. The Kier molecular flexibility index (Phi) is 2.97. The summed E-state index contributed by atoms with van der Waals surface area (Å²) in [6.07, 6.45) is 0. The second-order valence-electron chi connectivity index (χ2n) is 6.00. The highest BCUT2D eigenvalue weighted by molar-refractivity contribution is 6.13. The summed E-state index contributed by atoms with van der Waals surface area (Å²) in [5.74, 6) is -0.0343. The van der Waals surface area contributed by atoms with E-state index in [4.69, 9.17) is 0 Å². The molecule has 0 radical (unpaired) electrons. The lowest BCUT2D eigenvalue weighted by Crippen LogP contribution is -2.36. The Morgan fingerprint density at radius 2 is 1.22 bits per heavy atom. The van der Waals surface area contributed by atoms with Gasteiger partial charge in [-0.2, -0.15) is 0 Å². The van der Waals surface area contributed by atoms with E-state index in [1.54, 1.807) is 12.1 Å². The minimum atomic E-state index is -1.31. The Hall–Kier alpha value is -2.71. The fraction of sp³-hybridized carbons (Fsp3) is 0.0952. The summed E-state index contributed by atoms with van der Waals surface area (Å²) >= 11 is 0. The molecule has 1 aliphatic rings. The zero-order chi connectivity index (χ0) is 16.0. The molecule has 0 amide bonds. The topological polar surface area (TPSA) is 37.3 Å². The minimum absolute atomic E-state index is 0.0343. The number of benzene rings is 3. The maximum atomic E-state index is 12.8. The fourth-order valence-electron chi connectivity index (χ4n) is 3.39. The normalized spacial score (nSPS) is 15.0. The van der Waals surface area contributed by atoms with Crippen LogP contribution in [0.2, 0.25) is 0 Å². The Labute approximate surface area is 135 Å². The van der Waals surface area contributed by atoms with E-state index >= 15 is 0 Å². The van der Waals surface area contributed by atoms with Gasteiger partial charge in [-0.05, 0) is 12.5 Å². The van der Waals surface area contributed by atoms with Gasteiger partial charge in [0.1, 0.15) is 5.60 Å². The van der Waals surface area contributed by atoms with Gasteiger partial charge < -0.3 is 5.11 Å². The van der Waals surface area contributed by atoms with Crippen LogP contribution in [0.5, 0.6) is 0 Å². The van der Waals surface area contributed by atoms with Gasteiger partial charge in [-0.15, -0.1) is 0 Å². The molecule has 0 heterocycles. The van der Waals surface area contributed by atoms with Gasteiger partial charge in [0.2, 0.25) is 0 Å². The first-order chi connectivity index (χ1) is 11.1. The average Bonchev–Trinajstić information content (AvgIpc) is 2.60. The molecule has 1 N–H and O–H groups in total. The SMILES string of the molecule is Cc1ccc(C2(O)c3ccccc3C(=O)c3ccccc32)cc1. The summed E-state index contributed by atoms with van der Waals surface area (Å²) in [4.78, 5) is 12.8. The van der Waals surface area contributed by atoms with Crippen molar-refractivity contribution < 1.29 is 9.90 Å². The Balaban J connectivity index is 2.09. The molecule has 2 nitrogen and oxygen atoms in total. The van der Waals surface area contributed by atoms with Crippen molar-refractivity contribution in [2.75, 3.05) is 0 Å². The minimum Gasteiger partial charge on any atom is -0.376 e. The highest BCUT2D eigenvalue weighted by Gasteiger charge is 2.43. The predicted molar refractivity (Wildman–Crippen MR) is 89.6 cm³/mol. The molecule has 0 saturated carbocycles. The number of aryl methyl sites for hydroxylation is 1. The molecule has 2 heteroatoms. The van der Waals surface area contributed by atoms with Crippen molar-refractivity contribution in [3.63, 3.8) is 0 Å². The number of carbonyl (C=O) groups excluding carboxylic acids is 1. The summed E-state index contributed by atoms with van der Waals surface area (Å²) in [5.41, 5.74) is 3.01. The Morgan fingerprint density at radius 1 is 0.739 bits per heavy atom. The van der Waals surface area contributed by atoms with Gasteiger partial charge in [0.25, 0.3) is 0 Å². The summed E-state index contributed by atoms with van der Waals surface area (Å²) in [6, 6.07) is 22.5. The first-order valence-electron chi connectivity index (χ1n) is 7.65. The standard InChI is InChI=1S/C21H16O2/c1-14-10-12-15(13-11-14)21(23)18-8-4-2-6-16(18)20(22)17-7-3-5-9-19(17)21/h2-13,23H,1H3. The van der Waals surface area contributed by atoms with Gasteiger partial charge in [-0.25, -0.2) is 0 Å². The van der Waals surface area contributed by atoms with Crippen LogP contribution in [0.15, 0.2) is 72.8 Å². The van der Waals surface area contributed by atoms with Crippen molar-refractivity contribution in [1.82, 2.24) is 0 Å². The second kappa shape index (κ2) is 4.90. The highest BCUT2D eigenvalue weighted by Crippen LogP contribution is 2.44. The Bertz CT molecular complexity index is 858. The van der Waals surface area contributed by atoms with Crippen molar-refractivity contribution >= 4 is 5.78 Å². The van der Waals surface area contributed by atoms with Crippen molar-refractivity contribution in [2.24, 2.45) is 0 Å². The third kappa shape index (κ3) is 1.89. The smallest absolute Gasteiger partial charge is 0.193 e. The number of hydrogen-bond donors (Lipinski definition) is 1. The summed E-state index contributed by atoms with van der Waals surface area (Å²) in [5, 5.41) is 11.7. The molecule has 0 fully saturated rings. The van der Waals surface area contributed by atoms with Crippen LogP contribution in [0, 0.1) is 6.92 Å². The maximum absolute atomic E-state index is 12.8. The highest BCUT2D eigenvalue weighted by atomic mass is 16.3. The molecule has 0 bridgehead atoms. The number of carbonyl (C=O) groups is 1. The lowest BCUT2D eigenvalue weighted by atomic mass is 9.71. The molecule has 112 valence electrons. The molecule has 23 heavy (non-hydrogen) atoms. The third-order valence-electron chi connectivity index (χ3n) is 4.59. The first-order valence-corrected chi connectivity index (χ1v) is 7.65. The van der Waals surface area contributed by atoms with Crippen LogP contribution in [0.25, 0.3) is 0 Å². The van der Waals surface area contributed by atoms with E-state index in [1.165, 1.54) is 0 Å². The zero-order valence-electron chi connectivity index (χ0n) is 12.8. The van der Waals surface area contributed by atoms with Crippen LogP contribution in [0.4, 0.5) is 0 Å². The largest absolute Gasteiger partial charge is 0.376 e. The summed E-state index contributed by atoms with van der Waals surface area (Å²) in [6.45, 7) is 2.01. The van der Waals surface area contributed by atoms with E-state index in [2.05, 4.69) is 0 Å². The number of hydrogen-bond acceptors (Lipinski definition) is 2. The Morgan fingerprint density at radius 3 is 1.74 bits per heavy atom. The van der Waals surface area contributed by atoms with E-state index in [-0.39, 0.29) is 5.78 Å². The third-order valence-corrected chi connectivity index (χ3v) is 4.59. The van der Waals surface area contributed by atoms with Crippen molar-refractivity contribution in [3.05, 3.63) is 106 Å². The van der Waals surface area contributed by atoms with Crippen molar-refractivity contribution in [2.45, 2.75) is 12.5 Å². The van der Waals surface area contributed by atoms with E-state index < -0.39 is 5.60 Å². The molecule has 0 atom stereocenters. The molecule has 3 aromatic rings. The quantitative estimate of drug-likeness (QED) is 0.741. The molecule has 0 aromatic heterocycles. The predicted octanol–water partition coefficient (Wildman–Crippen LogP) is 3.82. The van der Waals surface area contributed by atoms with E-state index in [9.17, 15) is 9.90 Å². The van der Waals surface area contributed by atoms with Gasteiger partial charge in [0.15, 0.2) is 5.78 Å². The van der Waals surface area contributed by atoms with Gasteiger partial charge >= 0.3 is 0 Å². The van der Waals surface area contributed by atoms with Gasteiger partial charge in [-0.3, -0.25) is 4.79 Å². The van der Waals surface area contributed by atoms with Gasteiger partial charge in [0.05, 0.1) is 0 Å². The molecule has 4 rings (SSSR count). The molecular formula is C21H16O2. The van der Waals surface area contributed by atoms with E-state index in [0.29, 0.717) is 22.3 Å². The molecule has 0 saturated heterocycles. The summed E-state index contributed by atoms with van der Waals surface area (Å²) < 4.78 is 0. The molecule has 1 aliphatic carbocycles. The monoisotopic (exact) mass is 300 g/mol. The van der Waals surface area contributed by atoms with Crippen LogP contribution in [0.3, 0.4) is 0 Å². The lowest BCUT2D eigenvalue weighted by Gasteiger charge is -2.36. The first kappa shape index (κ1) is 13.9. The number of ketones is 1. The second-order valence-corrected chi connectivity index (χ2v) is 6.00. The average molecular weight is 300 g/mol. The summed E-state index contributed by atoms with van der Waals surface area (Å²) in [7, 11) is 0. The van der Waals surface area contributed by atoms with Crippen LogP contribution < -0.4 is 0 Å². The van der Waals surface area contributed by atoms with Gasteiger partial charge in [0, 0.05) is 22.3 Å². The van der Waals surface area contributed by atoms with Gasteiger partial charge in [-0.1, -0.05) is 78.4 Å². The molecule has 0 spiro atoms. The van der Waals surface area contributed by atoms with Crippen molar-refractivity contribution in [3.8, 4) is 0 Å². The molecule has 0 unspecified atom stereocenters. The van der Waals surface area contributed by atoms with Crippen LogP contribution >= 0.6 is 0 Å². The van der Waals surface area contributed by atoms with Crippen molar-refractivity contribution in [1.29, 1.82) is 0 Å². The van der Waals surface area contributed by atoms with E-state index in [0.717, 1.165) is 11.1 Å². The number of rotatable bonds is 1. The fourth-order valence-corrected chi connectivity index (χ4v) is 3.39. The van der Waals surface area contributed by atoms with Crippen LogP contribution in [-0.2, 0) is 5.60 Å². The molecule has 0 aliphatic heterocycles. The maximum Gasteiger partial charge on any atom is 0.193 e. The number of fused-ring (bicyclic) bond motifs is 2. The zero-order valence-corrected chi connectivity index (χ0v) is 12.8. The van der Waals surface area contributed by atoms with Crippen LogP contribution in [0.1, 0.15) is 38.2 Å². The molecular weight excluding hydrogens is 284 g/mol. The van der Waals surface area contributed by atoms with Crippen LogP contribution in [-0.4, -0.2) is 10.9 Å². The number of aliphatic hydroxyl groups is 1. The lowest BCUT2D eigenvalue weighted by molar-refractivity contribution is 0.0949. The van der Waals surface area contributed by atoms with E-state index in [1.807, 2.05) is 67.6 Å².